The molecule has 2 fully saturated rings. The van der Waals surface area contributed by atoms with Crippen LogP contribution in [-0.4, -0.2) is 45.1 Å². The van der Waals surface area contributed by atoms with Crippen molar-refractivity contribution in [3.8, 4) is 0 Å². The number of hydrogen-bond donors (Lipinski definition) is 1. The highest BCUT2D eigenvalue weighted by Crippen LogP contribution is 2.53. The van der Waals surface area contributed by atoms with E-state index in [1.807, 2.05) is 25.1 Å². The third kappa shape index (κ3) is 1.61. The molecular weight excluding hydrogens is 284 g/mol. The molecular formula is C16H16N2O4. The van der Waals surface area contributed by atoms with Crippen LogP contribution in [-0.2, 0) is 14.3 Å². The van der Waals surface area contributed by atoms with E-state index in [-0.39, 0.29) is 11.9 Å². The largest absolute Gasteiger partial charge is 0.481 e. The second-order valence-electron chi connectivity index (χ2n) is 6.16. The van der Waals surface area contributed by atoms with E-state index in [0.29, 0.717) is 6.54 Å². The summed E-state index contributed by atoms with van der Waals surface area (Å²) in [5.74, 6) is -2.51. The number of nitrogens with zero attached hydrogens (tertiary/aromatic N) is 2. The van der Waals surface area contributed by atoms with Crippen molar-refractivity contribution in [1.29, 1.82) is 0 Å². The van der Waals surface area contributed by atoms with Crippen LogP contribution in [0.3, 0.4) is 0 Å². The molecule has 0 aliphatic carbocycles. The Kier molecular flexibility index (Phi) is 2.69. The first-order valence-corrected chi connectivity index (χ1v) is 7.34. The number of carboxylic acids is 1. The summed E-state index contributed by atoms with van der Waals surface area (Å²) in [5, 5.41) is 9.45. The number of ether oxygens (including phenoxy) is 1. The van der Waals surface area contributed by atoms with Gasteiger partial charge in [0.1, 0.15) is 11.5 Å². The van der Waals surface area contributed by atoms with E-state index in [1.165, 1.54) is 0 Å². The van der Waals surface area contributed by atoms with Crippen molar-refractivity contribution < 1.29 is 19.4 Å². The number of aromatic nitrogens is 1. The van der Waals surface area contributed by atoms with E-state index in [9.17, 15) is 14.7 Å². The SMILES string of the molecule is C[C@H](c1ccncc1)N1C[C@]23C=C[C@@H](O2)[C@H](C(=O)O)[C@@H]3C1=O. The molecule has 1 aromatic rings. The fourth-order valence-electron chi connectivity index (χ4n) is 3.96. The Morgan fingerprint density at radius 2 is 2.23 bits per heavy atom. The molecule has 1 spiro atoms. The molecule has 6 nitrogen and oxygen atoms in total. The number of hydrogen-bond acceptors (Lipinski definition) is 4. The number of aliphatic carboxylic acids is 1. The first kappa shape index (κ1) is 13.5. The minimum atomic E-state index is -0.965. The molecule has 0 saturated carbocycles. The monoisotopic (exact) mass is 300 g/mol. The van der Waals surface area contributed by atoms with Crippen molar-refractivity contribution in [3.05, 3.63) is 42.2 Å². The summed E-state index contributed by atoms with van der Waals surface area (Å²) in [7, 11) is 0. The second kappa shape index (κ2) is 4.39. The number of carbonyl (C=O) groups is 2. The predicted molar refractivity (Wildman–Crippen MR) is 75.7 cm³/mol. The third-order valence-electron chi connectivity index (χ3n) is 5.07. The summed E-state index contributed by atoms with van der Waals surface area (Å²) in [6.45, 7) is 2.34. The van der Waals surface area contributed by atoms with Gasteiger partial charge in [-0.25, -0.2) is 0 Å². The van der Waals surface area contributed by atoms with Crippen LogP contribution >= 0.6 is 0 Å². The van der Waals surface area contributed by atoms with Crippen LogP contribution in [0.15, 0.2) is 36.7 Å². The van der Waals surface area contributed by atoms with Gasteiger partial charge in [-0.05, 0) is 24.6 Å². The number of carboxylic acid groups (broad SMARTS) is 1. The second-order valence-corrected chi connectivity index (χ2v) is 6.16. The van der Waals surface area contributed by atoms with Crippen LogP contribution < -0.4 is 0 Å². The van der Waals surface area contributed by atoms with Crippen LogP contribution in [0, 0.1) is 11.8 Å². The van der Waals surface area contributed by atoms with E-state index in [1.54, 1.807) is 23.4 Å². The molecule has 22 heavy (non-hydrogen) atoms. The molecule has 3 aliphatic heterocycles. The van der Waals surface area contributed by atoms with E-state index in [4.69, 9.17) is 4.74 Å². The first-order valence-electron chi connectivity index (χ1n) is 7.34. The van der Waals surface area contributed by atoms with Crippen molar-refractivity contribution in [2.75, 3.05) is 6.54 Å². The number of likely N-dealkylation sites (tertiary alicyclic amines) is 1. The zero-order chi connectivity index (χ0) is 15.5. The molecule has 4 rings (SSSR count). The molecule has 0 aromatic carbocycles. The Hall–Kier alpha value is -2.21. The van der Waals surface area contributed by atoms with Crippen LogP contribution in [0.1, 0.15) is 18.5 Å². The maximum atomic E-state index is 12.8. The molecule has 0 unspecified atom stereocenters. The summed E-state index contributed by atoms with van der Waals surface area (Å²) in [5.41, 5.74) is 0.205. The average Bonchev–Trinajstić information content (AvgIpc) is 3.15. The van der Waals surface area contributed by atoms with Crippen molar-refractivity contribution >= 4 is 11.9 Å². The lowest BCUT2D eigenvalue weighted by Gasteiger charge is -2.27. The summed E-state index contributed by atoms with van der Waals surface area (Å²) in [6.07, 6.45) is 6.55. The Balaban J connectivity index is 1.68. The van der Waals surface area contributed by atoms with Gasteiger partial charge in [0.05, 0.1) is 24.6 Å². The van der Waals surface area contributed by atoms with Gasteiger partial charge in [0.15, 0.2) is 0 Å². The molecule has 2 bridgehead atoms. The van der Waals surface area contributed by atoms with Crippen molar-refractivity contribution in [1.82, 2.24) is 9.88 Å². The summed E-state index contributed by atoms with van der Waals surface area (Å²) in [6, 6.07) is 3.60. The van der Waals surface area contributed by atoms with Gasteiger partial charge < -0.3 is 14.7 Å². The number of pyridine rings is 1. The predicted octanol–water partition coefficient (Wildman–Crippen LogP) is 1.01. The maximum Gasteiger partial charge on any atom is 0.310 e. The minimum absolute atomic E-state index is 0.136. The van der Waals surface area contributed by atoms with Crippen molar-refractivity contribution in [3.63, 3.8) is 0 Å². The number of rotatable bonds is 3. The zero-order valence-electron chi connectivity index (χ0n) is 12.0. The van der Waals surface area contributed by atoms with E-state index < -0.39 is 29.5 Å². The zero-order valence-corrected chi connectivity index (χ0v) is 12.0. The van der Waals surface area contributed by atoms with Gasteiger partial charge in [-0.1, -0.05) is 12.2 Å². The Bertz CT molecular complexity index is 674. The van der Waals surface area contributed by atoms with Gasteiger partial charge in [0.25, 0.3) is 0 Å². The molecule has 1 N–H and O–H groups in total. The van der Waals surface area contributed by atoms with Crippen molar-refractivity contribution in [2.45, 2.75) is 24.7 Å². The van der Waals surface area contributed by atoms with Crippen LogP contribution in [0.25, 0.3) is 0 Å². The quantitative estimate of drug-likeness (QED) is 0.843. The number of fused-ring (bicyclic) bond motifs is 1. The first-order chi connectivity index (χ1) is 10.5. The highest BCUT2D eigenvalue weighted by molar-refractivity contribution is 5.91. The fraction of sp³-hybridized carbons (Fsp3) is 0.438. The lowest BCUT2D eigenvalue weighted by atomic mass is 9.77. The molecule has 6 heteroatoms. The highest BCUT2D eigenvalue weighted by atomic mass is 16.5. The van der Waals surface area contributed by atoms with Crippen molar-refractivity contribution in [2.24, 2.45) is 11.8 Å². The molecule has 114 valence electrons. The van der Waals surface area contributed by atoms with Gasteiger partial charge in [0, 0.05) is 12.4 Å². The third-order valence-corrected chi connectivity index (χ3v) is 5.07. The van der Waals surface area contributed by atoms with Gasteiger partial charge in [-0.2, -0.15) is 0 Å². The van der Waals surface area contributed by atoms with E-state index in [2.05, 4.69) is 4.98 Å². The van der Waals surface area contributed by atoms with Crippen LogP contribution in [0.5, 0.6) is 0 Å². The van der Waals surface area contributed by atoms with Gasteiger partial charge >= 0.3 is 5.97 Å². The smallest absolute Gasteiger partial charge is 0.310 e. The number of amides is 1. The maximum absolute atomic E-state index is 12.8. The van der Waals surface area contributed by atoms with Gasteiger partial charge in [-0.15, -0.1) is 0 Å². The Morgan fingerprint density at radius 3 is 2.91 bits per heavy atom. The van der Waals surface area contributed by atoms with E-state index >= 15 is 0 Å². The normalized spacial score (nSPS) is 36.7. The molecule has 0 radical (unpaired) electrons. The summed E-state index contributed by atoms with van der Waals surface area (Å²) >= 11 is 0. The Morgan fingerprint density at radius 1 is 1.50 bits per heavy atom. The molecule has 2 saturated heterocycles. The minimum Gasteiger partial charge on any atom is -0.481 e. The Labute approximate surface area is 127 Å². The molecule has 3 aliphatic rings. The average molecular weight is 300 g/mol. The topological polar surface area (TPSA) is 79.7 Å². The van der Waals surface area contributed by atoms with Crippen LogP contribution in [0.4, 0.5) is 0 Å². The lowest BCUT2D eigenvalue weighted by molar-refractivity contribution is -0.148. The van der Waals surface area contributed by atoms with Crippen LogP contribution in [0.2, 0.25) is 0 Å². The summed E-state index contributed by atoms with van der Waals surface area (Å²) in [4.78, 5) is 30.1. The van der Waals surface area contributed by atoms with E-state index in [0.717, 1.165) is 5.56 Å². The standard InChI is InChI=1S/C16H16N2O4/c1-9(10-3-6-17-7-4-10)18-8-16-5-2-11(22-16)12(15(20)21)13(16)14(18)19/h2-7,9,11-13H,8H2,1H3,(H,20,21)/t9-,11-,12+,13-,16+/m1/s1. The van der Waals surface area contributed by atoms with Gasteiger partial charge in [0.2, 0.25) is 5.91 Å². The molecule has 5 atom stereocenters. The molecule has 1 amide bonds. The highest BCUT2D eigenvalue weighted by Gasteiger charge is 2.67. The fourth-order valence-corrected chi connectivity index (χ4v) is 3.96. The summed E-state index contributed by atoms with van der Waals surface area (Å²) < 4.78 is 5.88. The molecule has 1 aromatic heterocycles. The molecule has 4 heterocycles. The van der Waals surface area contributed by atoms with Gasteiger partial charge in [-0.3, -0.25) is 14.6 Å². The number of carbonyl (C=O) groups excluding carboxylic acids is 1. The lowest BCUT2D eigenvalue weighted by Crippen LogP contribution is -2.39.